The average molecular weight is 464 g/mol. The first-order chi connectivity index (χ1) is 16.1. The molecule has 4 aliphatic rings. The largest absolute Gasteiger partial charge is 0.530 e. The predicted octanol–water partition coefficient (Wildman–Crippen LogP) is 5.05. The average Bonchev–Trinajstić information content (AvgIpc) is 3.03. The van der Waals surface area contributed by atoms with E-state index in [4.69, 9.17) is 0 Å². The van der Waals surface area contributed by atoms with Crippen LogP contribution in [0, 0.1) is 23.1 Å². The van der Waals surface area contributed by atoms with Gasteiger partial charge in [0.15, 0.2) is 0 Å². The van der Waals surface area contributed by atoms with Crippen LogP contribution >= 0.6 is 0 Å². The predicted molar refractivity (Wildman–Crippen MR) is 131 cm³/mol. The van der Waals surface area contributed by atoms with E-state index in [0.29, 0.717) is 17.4 Å². The van der Waals surface area contributed by atoms with E-state index < -0.39 is 12.1 Å². The van der Waals surface area contributed by atoms with Crippen molar-refractivity contribution in [2.24, 2.45) is 17.3 Å². The van der Waals surface area contributed by atoms with Gasteiger partial charge in [0.05, 0.1) is 6.04 Å². The molecule has 2 bridgehead atoms. The summed E-state index contributed by atoms with van der Waals surface area (Å²) in [5.41, 5.74) is 4.21. The Balaban J connectivity index is 1.53. The van der Waals surface area contributed by atoms with Crippen molar-refractivity contribution in [2.45, 2.75) is 65.5 Å². The third-order valence-corrected chi connectivity index (χ3v) is 8.26. The first-order valence-corrected chi connectivity index (χ1v) is 12.8. The van der Waals surface area contributed by atoms with Crippen LogP contribution < -0.4 is 5.11 Å². The molecule has 6 rings (SSSR count). The number of rotatable bonds is 5. The van der Waals surface area contributed by atoms with Gasteiger partial charge in [-0.2, -0.15) is 0 Å². The van der Waals surface area contributed by atoms with Crippen molar-refractivity contribution in [3.8, 4) is 11.1 Å². The van der Waals surface area contributed by atoms with Crippen molar-refractivity contribution in [3.05, 3.63) is 58.9 Å². The zero-order valence-electron chi connectivity index (χ0n) is 20.8. The highest BCUT2D eigenvalue weighted by atomic mass is 19.1. The van der Waals surface area contributed by atoms with E-state index in [1.807, 2.05) is 18.2 Å². The van der Waals surface area contributed by atoms with Crippen molar-refractivity contribution in [1.29, 1.82) is 0 Å². The molecule has 3 saturated heterocycles. The van der Waals surface area contributed by atoms with Crippen LogP contribution in [0.15, 0.2) is 36.4 Å². The van der Waals surface area contributed by atoms with E-state index >= 15 is 4.39 Å². The molecule has 3 heterocycles. The number of piperidine rings is 3. The summed E-state index contributed by atoms with van der Waals surface area (Å²) in [6.07, 6.45) is 2.59. The molecule has 2 aromatic rings. The maximum Gasteiger partial charge on any atom is 0.137 e. The zero-order valence-corrected chi connectivity index (χ0v) is 20.8. The summed E-state index contributed by atoms with van der Waals surface area (Å²) in [6.45, 7) is 11.4. The molecule has 0 unspecified atom stereocenters. The SMILES string of the molecule is CC(C)Cc1cccc(-c2cc3c(cc2F)[C@H](N(C(=O)[O-])[C@@H]2CN4CCC2CC4)C(C)(C)C3)c1. The fourth-order valence-corrected chi connectivity index (χ4v) is 6.82. The normalized spacial score (nSPS) is 27.1. The second-order valence-corrected chi connectivity index (χ2v) is 11.8. The molecule has 1 aliphatic carbocycles. The molecule has 4 nitrogen and oxygen atoms in total. The monoisotopic (exact) mass is 463 g/mol. The quantitative estimate of drug-likeness (QED) is 0.623. The van der Waals surface area contributed by atoms with Gasteiger partial charge in [-0.05, 0) is 90.4 Å². The Morgan fingerprint density at radius 1 is 1.21 bits per heavy atom. The Morgan fingerprint density at radius 3 is 2.56 bits per heavy atom. The molecule has 1 amide bonds. The van der Waals surface area contributed by atoms with Gasteiger partial charge in [0.25, 0.3) is 0 Å². The van der Waals surface area contributed by atoms with Crippen LogP contribution in [0.4, 0.5) is 9.18 Å². The lowest BCUT2D eigenvalue weighted by Gasteiger charge is -2.53. The molecule has 2 atom stereocenters. The van der Waals surface area contributed by atoms with Crippen LogP contribution in [0.2, 0.25) is 0 Å². The maximum absolute atomic E-state index is 15.6. The Kier molecular flexibility index (Phi) is 5.96. The van der Waals surface area contributed by atoms with E-state index in [-0.39, 0.29) is 17.3 Å². The number of carbonyl (C=O) groups excluding carboxylic acids is 1. The van der Waals surface area contributed by atoms with Crippen molar-refractivity contribution < 1.29 is 14.3 Å². The van der Waals surface area contributed by atoms with E-state index in [9.17, 15) is 9.90 Å². The van der Waals surface area contributed by atoms with Crippen molar-refractivity contribution in [2.75, 3.05) is 19.6 Å². The third kappa shape index (κ3) is 4.13. The smallest absolute Gasteiger partial charge is 0.137 e. The molecular weight excluding hydrogens is 427 g/mol. The van der Waals surface area contributed by atoms with Gasteiger partial charge in [0, 0.05) is 18.2 Å². The number of nitrogens with zero attached hydrogens (tertiary/aromatic N) is 2. The minimum absolute atomic E-state index is 0.0850. The maximum atomic E-state index is 15.6. The van der Waals surface area contributed by atoms with E-state index in [0.717, 1.165) is 62.0 Å². The van der Waals surface area contributed by atoms with Gasteiger partial charge < -0.3 is 19.7 Å². The summed E-state index contributed by atoms with van der Waals surface area (Å²) in [5, 5.41) is 12.6. The fourth-order valence-electron chi connectivity index (χ4n) is 6.82. The summed E-state index contributed by atoms with van der Waals surface area (Å²) in [4.78, 5) is 16.5. The van der Waals surface area contributed by atoms with Gasteiger partial charge in [0.1, 0.15) is 11.9 Å². The van der Waals surface area contributed by atoms with Gasteiger partial charge in [-0.25, -0.2) is 4.39 Å². The van der Waals surface area contributed by atoms with Crippen molar-refractivity contribution in [3.63, 3.8) is 0 Å². The van der Waals surface area contributed by atoms with Crippen LogP contribution in [0.25, 0.3) is 11.1 Å². The second-order valence-electron chi connectivity index (χ2n) is 11.8. The lowest BCUT2D eigenvalue weighted by molar-refractivity contribution is -0.276. The molecule has 34 heavy (non-hydrogen) atoms. The molecule has 2 aromatic carbocycles. The Hall–Kier alpha value is -2.40. The highest BCUT2D eigenvalue weighted by Gasteiger charge is 2.48. The summed E-state index contributed by atoms with van der Waals surface area (Å²) < 4.78 is 15.6. The summed E-state index contributed by atoms with van der Waals surface area (Å²) >= 11 is 0. The molecule has 0 spiro atoms. The van der Waals surface area contributed by atoms with Gasteiger partial charge in [-0.3, -0.25) is 0 Å². The molecule has 3 aliphatic heterocycles. The Bertz CT molecular complexity index is 1090. The topological polar surface area (TPSA) is 46.6 Å². The standard InChI is InChI=1S/C29H37FN2O2/c1-18(2)12-19-6-5-7-21(13-19)23-14-22-16-29(3,4)27(24(22)15-25(23)30)32(28(33)34)26-17-31-10-8-20(26)9-11-31/h5-7,13-15,18,20,26-27H,8-12,16-17H2,1-4H3,(H,33,34)/p-1/t26-,27+/m1/s1. The Labute approximate surface area is 202 Å². The first-order valence-electron chi connectivity index (χ1n) is 12.8. The van der Waals surface area contributed by atoms with Crippen LogP contribution in [0.1, 0.15) is 63.3 Å². The van der Waals surface area contributed by atoms with Crippen LogP contribution in [0.3, 0.4) is 0 Å². The molecule has 0 radical (unpaired) electrons. The summed E-state index contributed by atoms with van der Waals surface area (Å²) in [6, 6.07) is 11.2. The van der Waals surface area contributed by atoms with Crippen molar-refractivity contribution in [1.82, 2.24) is 9.80 Å². The van der Waals surface area contributed by atoms with Crippen molar-refractivity contribution >= 4 is 6.09 Å². The minimum Gasteiger partial charge on any atom is -0.530 e. The van der Waals surface area contributed by atoms with Crippen LogP contribution in [0.5, 0.6) is 0 Å². The lowest BCUT2D eigenvalue weighted by Crippen LogP contribution is -2.62. The molecule has 182 valence electrons. The number of hydrogen-bond donors (Lipinski definition) is 0. The summed E-state index contributed by atoms with van der Waals surface area (Å²) in [7, 11) is 0. The molecular formula is C29H36FN2O2-. The second kappa shape index (κ2) is 8.67. The fraction of sp³-hybridized carbons (Fsp3) is 0.552. The van der Waals surface area contributed by atoms with Crippen LogP contribution in [-0.2, 0) is 12.8 Å². The van der Waals surface area contributed by atoms with Crippen LogP contribution in [-0.4, -0.2) is 41.6 Å². The van der Waals surface area contributed by atoms with Gasteiger partial charge >= 0.3 is 0 Å². The summed E-state index contributed by atoms with van der Waals surface area (Å²) in [5.74, 6) is 0.606. The number of carbonyl (C=O) groups is 1. The first kappa shape index (κ1) is 23.3. The number of amides is 1. The van der Waals surface area contributed by atoms with E-state index in [2.05, 4.69) is 44.7 Å². The molecule has 3 fully saturated rings. The Morgan fingerprint density at radius 2 is 1.94 bits per heavy atom. The van der Waals surface area contributed by atoms with Gasteiger partial charge in [0.2, 0.25) is 0 Å². The molecule has 0 aromatic heterocycles. The number of benzene rings is 2. The number of halogens is 1. The molecule has 0 N–H and O–H groups in total. The zero-order chi connectivity index (χ0) is 24.2. The number of hydrogen-bond acceptors (Lipinski definition) is 3. The molecule has 5 heteroatoms. The van der Waals surface area contributed by atoms with E-state index in [1.54, 1.807) is 11.0 Å². The number of fused-ring (bicyclic) bond motifs is 4. The minimum atomic E-state index is -1.13. The van der Waals surface area contributed by atoms with Gasteiger partial charge in [-0.15, -0.1) is 0 Å². The van der Waals surface area contributed by atoms with E-state index in [1.165, 1.54) is 5.56 Å². The highest BCUT2D eigenvalue weighted by Crippen LogP contribution is 2.52. The number of carboxylic acid groups (broad SMARTS) is 1. The third-order valence-electron chi connectivity index (χ3n) is 8.26. The molecule has 0 saturated carbocycles. The van der Waals surface area contributed by atoms with Gasteiger partial charge in [-0.1, -0.05) is 52.0 Å². The highest BCUT2D eigenvalue weighted by molar-refractivity contribution is 5.69. The lowest BCUT2D eigenvalue weighted by atomic mass is 9.79.